The summed E-state index contributed by atoms with van der Waals surface area (Å²) in [5.74, 6) is 1.44. The lowest BCUT2D eigenvalue weighted by atomic mass is 10.1. The van der Waals surface area contributed by atoms with Crippen molar-refractivity contribution in [2.24, 2.45) is 0 Å². The summed E-state index contributed by atoms with van der Waals surface area (Å²) in [5, 5.41) is 3.21. The number of amides is 1. The first-order valence-electron chi connectivity index (χ1n) is 10.5. The molecule has 1 amide bonds. The van der Waals surface area contributed by atoms with Crippen LogP contribution in [0.25, 0.3) is 11.3 Å². The fraction of sp³-hybridized carbons (Fsp3) is 0.200. The average Bonchev–Trinajstić information content (AvgIpc) is 3.19. The van der Waals surface area contributed by atoms with Gasteiger partial charge in [-0.15, -0.1) is 11.3 Å². The fourth-order valence-electron chi connectivity index (χ4n) is 3.55. The van der Waals surface area contributed by atoms with E-state index in [9.17, 15) is 9.59 Å². The second-order valence-corrected chi connectivity index (χ2v) is 8.87. The maximum atomic E-state index is 12.9. The van der Waals surface area contributed by atoms with Gasteiger partial charge in [0.05, 0.1) is 19.9 Å². The van der Waals surface area contributed by atoms with Crippen molar-refractivity contribution in [3.05, 3.63) is 86.4 Å². The van der Waals surface area contributed by atoms with Gasteiger partial charge in [0.1, 0.15) is 23.0 Å². The molecule has 0 aliphatic rings. The van der Waals surface area contributed by atoms with Crippen LogP contribution in [0.5, 0.6) is 11.5 Å². The molecule has 2 heterocycles. The lowest BCUT2D eigenvalue weighted by molar-refractivity contribution is 0.102. The van der Waals surface area contributed by atoms with Gasteiger partial charge >= 0.3 is 0 Å². The van der Waals surface area contributed by atoms with E-state index >= 15 is 0 Å². The maximum Gasteiger partial charge on any atom is 0.276 e. The molecule has 0 fully saturated rings. The van der Waals surface area contributed by atoms with Crippen LogP contribution in [0.2, 0.25) is 0 Å². The number of ether oxygens (including phenoxy) is 2. The highest BCUT2D eigenvalue weighted by Crippen LogP contribution is 2.32. The van der Waals surface area contributed by atoms with Gasteiger partial charge in [-0.25, -0.2) is 9.97 Å². The molecule has 8 nitrogen and oxygen atoms in total. The molecule has 174 valence electrons. The number of carbonyl (C=O) groups excluding carboxylic acids is 1. The molecule has 4 aromatic rings. The van der Waals surface area contributed by atoms with Crippen molar-refractivity contribution in [2.45, 2.75) is 20.3 Å². The number of benzene rings is 2. The summed E-state index contributed by atoms with van der Waals surface area (Å²) in [5.41, 5.74) is 3.27. The monoisotopic (exact) mass is 476 g/mol. The second kappa shape index (κ2) is 9.88. The Bertz CT molecular complexity index is 1390. The van der Waals surface area contributed by atoms with Gasteiger partial charge in [-0.3, -0.25) is 14.9 Å². The third kappa shape index (κ3) is 5.15. The van der Waals surface area contributed by atoms with Crippen molar-refractivity contribution < 1.29 is 14.3 Å². The van der Waals surface area contributed by atoms with E-state index in [1.807, 2.05) is 56.3 Å². The van der Waals surface area contributed by atoms with E-state index in [0.717, 1.165) is 38.8 Å². The normalized spacial score (nSPS) is 10.7. The molecule has 0 bridgehead atoms. The molecule has 0 aliphatic heterocycles. The molecule has 0 saturated heterocycles. The summed E-state index contributed by atoms with van der Waals surface area (Å²) in [6, 6.07) is 14.4. The largest absolute Gasteiger partial charge is 0.497 e. The van der Waals surface area contributed by atoms with Gasteiger partial charge in [-0.05, 0) is 55.3 Å². The zero-order chi connectivity index (χ0) is 24.2. The zero-order valence-electron chi connectivity index (χ0n) is 19.3. The van der Waals surface area contributed by atoms with Gasteiger partial charge in [-0.1, -0.05) is 12.1 Å². The Morgan fingerprint density at radius 1 is 1.03 bits per heavy atom. The Morgan fingerprint density at radius 2 is 1.79 bits per heavy atom. The number of aryl methyl sites for hydroxylation is 2. The SMILES string of the molecule is COc1ccc(Cc2nc(C(=O)Nc3nc(-c4ccc(OC)c(C)c4)c(C)s3)cc(=O)[nH]2)cc1. The first kappa shape index (κ1) is 23.2. The number of hydrogen-bond acceptors (Lipinski definition) is 7. The summed E-state index contributed by atoms with van der Waals surface area (Å²) < 4.78 is 10.5. The number of thiazole rings is 1. The molecule has 0 unspecified atom stereocenters. The molecule has 0 atom stereocenters. The minimum Gasteiger partial charge on any atom is -0.497 e. The van der Waals surface area contributed by atoms with Crippen LogP contribution in [-0.4, -0.2) is 35.1 Å². The second-order valence-electron chi connectivity index (χ2n) is 7.66. The van der Waals surface area contributed by atoms with Crippen LogP contribution in [0.3, 0.4) is 0 Å². The van der Waals surface area contributed by atoms with Crippen molar-refractivity contribution >= 4 is 22.4 Å². The number of rotatable bonds is 7. The van der Waals surface area contributed by atoms with Gasteiger partial charge in [0.15, 0.2) is 5.13 Å². The third-order valence-corrected chi connectivity index (χ3v) is 6.13. The molecular formula is C25H24N4O4S. The summed E-state index contributed by atoms with van der Waals surface area (Å²) >= 11 is 1.36. The van der Waals surface area contributed by atoms with Gasteiger partial charge in [0.25, 0.3) is 11.5 Å². The van der Waals surface area contributed by atoms with E-state index in [4.69, 9.17) is 9.47 Å². The minimum atomic E-state index is -0.492. The van der Waals surface area contributed by atoms with E-state index in [0.29, 0.717) is 17.4 Å². The molecule has 2 N–H and O–H groups in total. The third-order valence-electron chi connectivity index (χ3n) is 5.24. The molecule has 9 heteroatoms. The number of nitrogens with one attached hydrogen (secondary N) is 2. The highest BCUT2D eigenvalue weighted by Gasteiger charge is 2.16. The minimum absolute atomic E-state index is 0.0296. The smallest absolute Gasteiger partial charge is 0.276 e. The standard InChI is InChI=1S/C25H24N4O4S/c1-14-11-17(7-10-20(14)33-4)23-15(2)34-25(28-23)29-24(31)19-13-22(30)27-21(26-19)12-16-5-8-18(32-3)9-6-16/h5-11,13H,12H2,1-4H3,(H,26,27,30)(H,28,29,31). The van der Waals surface area contributed by atoms with Gasteiger partial charge in [-0.2, -0.15) is 0 Å². The Morgan fingerprint density at radius 3 is 2.47 bits per heavy atom. The first-order valence-corrected chi connectivity index (χ1v) is 11.3. The van der Waals surface area contributed by atoms with Crippen molar-refractivity contribution in [3.8, 4) is 22.8 Å². The van der Waals surface area contributed by atoms with Crippen molar-refractivity contribution in [2.75, 3.05) is 19.5 Å². The van der Waals surface area contributed by atoms with Crippen LogP contribution in [0.15, 0.2) is 53.3 Å². The number of carbonyl (C=O) groups is 1. The molecule has 2 aromatic heterocycles. The van der Waals surface area contributed by atoms with Crippen molar-refractivity contribution in [1.29, 1.82) is 0 Å². The van der Waals surface area contributed by atoms with E-state index in [-0.39, 0.29) is 5.69 Å². The summed E-state index contributed by atoms with van der Waals surface area (Å²) in [7, 11) is 3.23. The van der Waals surface area contributed by atoms with Gasteiger partial charge in [0.2, 0.25) is 0 Å². The number of anilines is 1. The highest BCUT2D eigenvalue weighted by molar-refractivity contribution is 7.16. The topological polar surface area (TPSA) is 106 Å². The van der Waals surface area contributed by atoms with E-state index in [1.165, 1.54) is 17.4 Å². The number of aromatic nitrogens is 3. The summed E-state index contributed by atoms with van der Waals surface area (Å²) in [4.78, 5) is 37.6. The van der Waals surface area contributed by atoms with Crippen molar-refractivity contribution in [3.63, 3.8) is 0 Å². The first-order chi connectivity index (χ1) is 16.4. The van der Waals surface area contributed by atoms with Crippen LogP contribution < -0.4 is 20.3 Å². The van der Waals surface area contributed by atoms with Crippen molar-refractivity contribution in [1.82, 2.24) is 15.0 Å². The molecule has 0 saturated carbocycles. The van der Waals surface area contributed by atoms with E-state index < -0.39 is 11.5 Å². The number of nitrogens with zero attached hydrogens (tertiary/aromatic N) is 2. The van der Waals surface area contributed by atoms with E-state index in [2.05, 4.69) is 20.3 Å². The lowest BCUT2D eigenvalue weighted by Gasteiger charge is -2.06. The number of methoxy groups -OCH3 is 2. The van der Waals surface area contributed by atoms with Crippen LogP contribution >= 0.6 is 11.3 Å². The lowest BCUT2D eigenvalue weighted by Crippen LogP contribution is -2.20. The molecular weight excluding hydrogens is 452 g/mol. The summed E-state index contributed by atoms with van der Waals surface area (Å²) in [6.07, 6.45) is 0.373. The predicted molar refractivity (Wildman–Crippen MR) is 132 cm³/mol. The predicted octanol–water partition coefficient (Wildman–Crippen LogP) is 4.37. The molecule has 2 aromatic carbocycles. The molecule has 0 aliphatic carbocycles. The number of aromatic amines is 1. The molecule has 34 heavy (non-hydrogen) atoms. The average molecular weight is 477 g/mol. The Kier molecular flexibility index (Phi) is 6.74. The molecule has 0 radical (unpaired) electrons. The number of H-pyrrole nitrogens is 1. The highest BCUT2D eigenvalue weighted by atomic mass is 32.1. The van der Waals surface area contributed by atoms with Gasteiger partial charge in [0, 0.05) is 22.9 Å². The summed E-state index contributed by atoms with van der Waals surface area (Å²) in [6.45, 7) is 3.91. The van der Waals surface area contributed by atoms with Crippen LogP contribution in [0.1, 0.15) is 32.3 Å². The molecule has 0 spiro atoms. The quantitative estimate of drug-likeness (QED) is 0.410. The fourth-order valence-corrected chi connectivity index (χ4v) is 4.38. The van der Waals surface area contributed by atoms with Crippen LogP contribution in [0.4, 0.5) is 5.13 Å². The van der Waals surface area contributed by atoms with Gasteiger partial charge < -0.3 is 14.5 Å². The zero-order valence-corrected chi connectivity index (χ0v) is 20.1. The van der Waals surface area contributed by atoms with Crippen LogP contribution in [-0.2, 0) is 6.42 Å². The van der Waals surface area contributed by atoms with Crippen LogP contribution in [0, 0.1) is 13.8 Å². The Hall–Kier alpha value is -3.98. The van der Waals surface area contributed by atoms with E-state index in [1.54, 1.807) is 14.2 Å². The maximum absolute atomic E-state index is 12.9. The Balaban J connectivity index is 1.53. The Labute approximate surface area is 200 Å². The number of hydrogen-bond donors (Lipinski definition) is 2. The molecule has 4 rings (SSSR count).